The minimum Gasteiger partial charge on any atom is -0.379 e. The first-order valence-electron chi connectivity index (χ1n) is 16.7. The highest BCUT2D eigenvalue weighted by atomic mass is 79.9. The largest absolute Gasteiger partial charge is 0.379 e. The van der Waals surface area contributed by atoms with Gasteiger partial charge in [0.25, 0.3) is 11.8 Å². The average Bonchev–Trinajstić information content (AvgIpc) is 3.34. The molecule has 16 heteroatoms. The highest BCUT2D eigenvalue weighted by molar-refractivity contribution is 9.09. The highest BCUT2D eigenvalue weighted by Crippen LogP contribution is 2.32. The fraction of sp³-hybridized carbons (Fsp3) is 0.667. The quantitative estimate of drug-likeness (QED) is 0.0724. The van der Waals surface area contributed by atoms with E-state index in [4.69, 9.17) is 33.2 Å². The van der Waals surface area contributed by atoms with Crippen LogP contribution in [0.1, 0.15) is 59.2 Å². The number of anilines is 1. The lowest BCUT2D eigenvalue weighted by Gasteiger charge is -2.27. The molecule has 0 radical (unpaired) electrons. The van der Waals surface area contributed by atoms with Crippen LogP contribution in [0.4, 0.5) is 5.69 Å². The summed E-state index contributed by atoms with van der Waals surface area (Å²) in [6.45, 7) is 7.20. The van der Waals surface area contributed by atoms with Gasteiger partial charge in [-0.2, -0.15) is 0 Å². The molecule has 0 saturated carbocycles. The molecule has 1 saturated heterocycles. The fourth-order valence-electron chi connectivity index (χ4n) is 4.97. The Morgan fingerprint density at radius 2 is 1.24 bits per heavy atom. The van der Waals surface area contributed by atoms with Gasteiger partial charge in [0.15, 0.2) is 0 Å². The van der Waals surface area contributed by atoms with Gasteiger partial charge in [-0.15, -0.1) is 0 Å². The van der Waals surface area contributed by atoms with E-state index in [2.05, 4.69) is 26.6 Å². The number of amides is 5. The second-order valence-corrected chi connectivity index (χ2v) is 11.8. The number of rotatable bonds is 28. The summed E-state index contributed by atoms with van der Waals surface area (Å²) in [6.07, 6.45) is 2.49. The van der Waals surface area contributed by atoms with Crippen LogP contribution in [0.15, 0.2) is 18.2 Å². The van der Waals surface area contributed by atoms with Crippen molar-refractivity contribution < 1.29 is 57.1 Å². The molecule has 15 nitrogen and oxygen atoms in total. The fourth-order valence-corrected chi connectivity index (χ4v) is 5.20. The van der Waals surface area contributed by atoms with E-state index in [9.17, 15) is 24.0 Å². The highest BCUT2D eigenvalue weighted by Gasteiger charge is 2.45. The van der Waals surface area contributed by atoms with E-state index in [0.29, 0.717) is 98.9 Å². The van der Waals surface area contributed by atoms with Gasteiger partial charge in [-0.1, -0.05) is 28.4 Å². The molecule has 2 heterocycles. The summed E-state index contributed by atoms with van der Waals surface area (Å²) in [4.78, 5) is 63.4. The second-order valence-electron chi connectivity index (χ2n) is 11.0. The number of nitrogens with zero attached hydrogens (tertiary/aromatic N) is 1. The summed E-state index contributed by atoms with van der Waals surface area (Å²) < 4.78 is 38.1. The topological polar surface area (TPSA) is 177 Å². The van der Waals surface area contributed by atoms with Gasteiger partial charge in [0.05, 0.1) is 103 Å². The minimum absolute atomic E-state index is 0.0321. The number of hydrogen-bond donors (Lipinski definition) is 2. The van der Waals surface area contributed by atoms with Gasteiger partial charge < -0.3 is 38.5 Å². The van der Waals surface area contributed by atoms with Crippen LogP contribution in [-0.4, -0.2) is 138 Å². The third kappa shape index (κ3) is 14.9. The van der Waals surface area contributed by atoms with Crippen molar-refractivity contribution >= 4 is 51.2 Å². The molecule has 2 aliphatic rings. The summed E-state index contributed by atoms with van der Waals surface area (Å²) in [5, 5.41) is 5.72. The van der Waals surface area contributed by atoms with Crippen LogP contribution in [0.2, 0.25) is 0 Å². The van der Waals surface area contributed by atoms with Crippen molar-refractivity contribution in [2.45, 2.75) is 44.6 Å². The number of alkyl halides is 1. The standard InChI is InChI=1S/C33H48BrN3O12/c34-10-12-44-14-16-46-18-20-48-22-24-49-23-21-47-19-17-45-15-13-43-11-3-1-2-7-28(38)35-26-6-4-5-25-30(26)33(42)37(32(25)41)27-8-9-29(39)36-31(27)40/h4-6,27H,1-3,7-24H2,(H,35,38)(H,36,39,40). The Morgan fingerprint density at radius 3 is 1.78 bits per heavy atom. The molecule has 0 bridgehead atoms. The lowest BCUT2D eigenvalue weighted by atomic mass is 10.0. The molecule has 49 heavy (non-hydrogen) atoms. The van der Waals surface area contributed by atoms with Gasteiger partial charge in [-0.3, -0.25) is 34.2 Å². The van der Waals surface area contributed by atoms with Crippen LogP contribution in [0.5, 0.6) is 0 Å². The van der Waals surface area contributed by atoms with Crippen molar-refractivity contribution in [1.29, 1.82) is 0 Å². The molecule has 1 aromatic carbocycles. The third-order valence-corrected chi connectivity index (χ3v) is 7.71. The van der Waals surface area contributed by atoms with Crippen molar-refractivity contribution in [2.24, 2.45) is 0 Å². The van der Waals surface area contributed by atoms with Crippen molar-refractivity contribution in [1.82, 2.24) is 10.2 Å². The predicted octanol–water partition coefficient (Wildman–Crippen LogP) is 2.10. The predicted molar refractivity (Wildman–Crippen MR) is 180 cm³/mol. The lowest BCUT2D eigenvalue weighted by molar-refractivity contribution is -0.136. The molecule has 1 aromatic rings. The molecule has 2 N–H and O–H groups in total. The third-order valence-electron chi connectivity index (χ3n) is 7.39. The van der Waals surface area contributed by atoms with Crippen LogP contribution in [-0.2, 0) is 47.5 Å². The number of unbranched alkanes of at least 4 members (excludes halogenated alkanes) is 2. The number of halogens is 1. The zero-order chi connectivity index (χ0) is 35.1. The molecular weight excluding hydrogens is 710 g/mol. The molecule has 5 amide bonds. The van der Waals surface area contributed by atoms with Crippen molar-refractivity contribution in [2.75, 3.05) is 103 Å². The Bertz CT molecular complexity index is 1200. The number of nitrogens with one attached hydrogen (secondary N) is 2. The SMILES string of the molecule is O=C1CCC(N2C(=O)c3cccc(NC(=O)CCCCCOCCOCCOCCOCCOCCOCCOCCBr)c3C2=O)C(=O)N1. The van der Waals surface area contributed by atoms with Crippen LogP contribution in [0.3, 0.4) is 0 Å². The van der Waals surface area contributed by atoms with Gasteiger partial charge in [-0.25, -0.2) is 0 Å². The number of carbonyl (C=O) groups excluding carboxylic acids is 5. The van der Waals surface area contributed by atoms with Gasteiger partial charge in [0.1, 0.15) is 6.04 Å². The van der Waals surface area contributed by atoms with Crippen LogP contribution in [0.25, 0.3) is 0 Å². The number of imide groups is 2. The normalized spacial score (nSPS) is 15.9. The lowest BCUT2D eigenvalue weighted by Crippen LogP contribution is -2.54. The first kappa shape index (κ1) is 40.6. The molecule has 1 fully saturated rings. The van der Waals surface area contributed by atoms with Gasteiger partial charge in [0.2, 0.25) is 17.7 Å². The maximum atomic E-state index is 13.2. The Labute approximate surface area is 295 Å². The number of fused-ring (bicyclic) bond motifs is 1. The Morgan fingerprint density at radius 1 is 0.714 bits per heavy atom. The number of ether oxygens (including phenoxy) is 7. The zero-order valence-electron chi connectivity index (χ0n) is 27.9. The van der Waals surface area contributed by atoms with E-state index in [-0.39, 0.29) is 42.0 Å². The molecule has 1 atom stereocenters. The van der Waals surface area contributed by atoms with Crippen LogP contribution < -0.4 is 10.6 Å². The maximum Gasteiger partial charge on any atom is 0.264 e. The molecule has 0 aromatic heterocycles. The first-order chi connectivity index (χ1) is 23.9. The smallest absolute Gasteiger partial charge is 0.264 e. The summed E-state index contributed by atoms with van der Waals surface area (Å²) >= 11 is 3.29. The summed E-state index contributed by atoms with van der Waals surface area (Å²) in [6, 6.07) is 3.54. The van der Waals surface area contributed by atoms with Gasteiger partial charge in [-0.05, 0) is 31.4 Å². The summed E-state index contributed by atoms with van der Waals surface area (Å²) in [5.41, 5.74) is 0.393. The van der Waals surface area contributed by atoms with E-state index in [1.165, 1.54) is 6.07 Å². The number of piperidine rings is 1. The Hall–Kier alpha value is -2.83. The number of carbonyl (C=O) groups is 5. The Kier molecular flexibility index (Phi) is 20.2. The van der Waals surface area contributed by atoms with Crippen LogP contribution in [0, 0.1) is 0 Å². The molecule has 1 unspecified atom stereocenters. The van der Waals surface area contributed by atoms with E-state index >= 15 is 0 Å². The van der Waals surface area contributed by atoms with Gasteiger partial charge in [0, 0.05) is 24.8 Å². The average molecular weight is 759 g/mol. The molecule has 3 rings (SSSR count). The van der Waals surface area contributed by atoms with E-state index in [0.717, 1.165) is 23.1 Å². The minimum atomic E-state index is -1.07. The van der Waals surface area contributed by atoms with Crippen LogP contribution >= 0.6 is 15.9 Å². The van der Waals surface area contributed by atoms with Crippen molar-refractivity contribution in [3.63, 3.8) is 0 Å². The first-order valence-corrected chi connectivity index (χ1v) is 17.8. The molecule has 274 valence electrons. The van der Waals surface area contributed by atoms with Gasteiger partial charge >= 0.3 is 0 Å². The Balaban J connectivity index is 1.11. The molecule has 0 aliphatic carbocycles. The van der Waals surface area contributed by atoms with E-state index in [1.807, 2.05) is 0 Å². The number of hydrogen-bond acceptors (Lipinski definition) is 12. The van der Waals surface area contributed by atoms with E-state index < -0.39 is 29.7 Å². The van der Waals surface area contributed by atoms with Crippen molar-refractivity contribution in [3.05, 3.63) is 29.3 Å². The number of benzene rings is 1. The van der Waals surface area contributed by atoms with Crippen molar-refractivity contribution in [3.8, 4) is 0 Å². The summed E-state index contributed by atoms with van der Waals surface area (Å²) in [7, 11) is 0. The monoisotopic (exact) mass is 757 g/mol. The maximum absolute atomic E-state index is 13.2. The molecular formula is C33H48BrN3O12. The summed E-state index contributed by atoms with van der Waals surface area (Å²) in [5.74, 6) is -2.70. The zero-order valence-corrected chi connectivity index (χ0v) is 29.5. The molecule has 2 aliphatic heterocycles. The second kappa shape index (κ2) is 24.3. The molecule has 0 spiro atoms. The van der Waals surface area contributed by atoms with E-state index in [1.54, 1.807) is 12.1 Å².